The average molecular weight is 298 g/mol. The number of halogens is 1. The number of hydrogen-bond acceptors (Lipinski definition) is 2. The molecule has 4 heteroatoms. The molecular formula is C13H16BrNO2. The predicted octanol–water partition coefficient (Wildman–Crippen LogP) is 2.52. The normalized spacial score (nSPS) is 19.3. The second-order valence-electron chi connectivity index (χ2n) is 4.38. The highest BCUT2D eigenvalue weighted by Gasteiger charge is 2.17. The van der Waals surface area contributed by atoms with Crippen LogP contribution in [0.25, 0.3) is 0 Å². The van der Waals surface area contributed by atoms with E-state index < -0.39 is 0 Å². The molecule has 1 N–H and O–H groups in total. The van der Waals surface area contributed by atoms with Crippen molar-refractivity contribution in [2.24, 2.45) is 5.92 Å². The van der Waals surface area contributed by atoms with Crippen LogP contribution in [-0.4, -0.2) is 25.7 Å². The van der Waals surface area contributed by atoms with Gasteiger partial charge in [-0.2, -0.15) is 0 Å². The number of nitrogens with one attached hydrogen (secondary N) is 1. The van der Waals surface area contributed by atoms with Gasteiger partial charge in [-0.05, 0) is 40.9 Å². The fourth-order valence-corrected chi connectivity index (χ4v) is 2.34. The molecule has 0 aromatic heterocycles. The molecule has 3 nitrogen and oxygen atoms in total. The standard InChI is InChI=1S/C13H16BrNO2/c1-9-3-2-4-11(12(9)14)13(16)15-7-10-5-6-17-8-10/h2-4,10H,5-8H2,1H3,(H,15,16). The third-order valence-corrected chi connectivity index (χ3v) is 4.06. The molecule has 1 aromatic carbocycles. The molecule has 17 heavy (non-hydrogen) atoms. The van der Waals surface area contributed by atoms with Crippen molar-refractivity contribution >= 4 is 21.8 Å². The first-order chi connectivity index (χ1) is 8.18. The zero-order chi connectivity index (χ0) is 12.3. The molecule has 2 rings (SSSR count). The number of benzene rings is 1. The number of rotatable bonds is 3. The van der Waals surface area contributed by atoms with E-state index in [-0.39, 0.29) is 5.91 Å². The Morgan fingerprint density at radius 1 is 1.59 bits per heavy atom. The first-order valence-corrected chi connectivity index (χ1v) is 6.59. The molecule has 1 heterocycles. The van der Waals surface area contributed by atoms with Crippen LogP contribution in [0.1, 0.15) is 22.3 Å². The van der Waals surface area contributed by atoms with Gasteiger partial charge < -0.3 is 10.1 Å². The number of carbonyl (C=O) groups is 1. The van der Waals surface area contributed by atoms with Crippen molar-refractivity contribution < 1.29 is 9.53 Å². The molecule has 1 saturated heterocycles. The molecule has 0 radical (unpaired) electrons. The summed E-state index contributed by atoms with van der Waals surface area (Å²) >= 11 is 3.45. The molecule has 1 atom stereocenters. The van der Waals surface area contributed by atoms with Crippen LogP contribution in [0.4, 0.5) is 0 Å². The van der Waals surface area contributed by atoms with Gasteiger partial charge in [-0.25, -0.2) is 0 Å². The average Bonchev–Trinajstić information content (AvgIpc) is 2.82. The van der Waals surface area contributed by atoms with Crippen LogP contribution >= 0.6 is 15.9 Å². The number of ether oxygens (including phenoxy) is 1. The maximum atomic E-state index is 12.0. The Labute approximate surface area is 110 Å². The number of amides is 1. The Bertz CT molecular complexity index is 414. The van der Waals surface area contributed by atoms with Gasteiger partial charge in [0.1, 0.15) is 0 Å². The molecule has 0 bridgehead atoms. The van der Waals surface area contributed by atoms with Crippen LogP contribution in [0.3, 0.4) is 0 Å². The monoisotopic (exact) mass is 297 g/mol. The Morgan fingerprint density at radius 2 is 2.41 bits per heavy atom. The Balaban J connectivity index is 1.97. The second-order valence-corrected chi connectivity index (χ2v) is 5.17. The summed E-state index contributed by atoms with van der Waals surface area (Å²) in [5.41, 5.74) is 1.77. The van der Waals surface area contributed by atoms with Crippen molar-refractivity contribution in [3.63, 3.8) is 0 Å². The lowest BCUT2D eigenvalue weighted by Crippen LogP contribution is -2.29. The maximum absolute atomic E-state index is 12.0. The third-order valence-electron chi connectivity index (χ3n) is 3.01. The fourth-order valence-electron chi connectivity index (χ4n) is 1.90. The second kappa shape index (κ2) is 5.65. The summed E-state index contributed by atoms with van der Waals surface area (Å²) in [4.78, 5) is 12.0. The van der Waals surface area contributed by atoms with E-state index >= 15 is 0 Å². The van der Waals surface area contributed by atoms with E-state index in [1.807, 2.05) is 25.1 Å². The maximum Gasteiger partial charge on any atom is 0.252 e. The highest BCUT2D eigenvalue weighted by molar-refractivity contribution is 9.10. The van der Waals surface area contributed by atoms with E-state index in [0.29, 0.717) is 18.0 Å². The molecule has 1 unspecified atom stereocenters. The van der Waals surface area contributed by atoms with Gasteiger partial charge in [-0.1, -0.05) is 12.1 Å². The lowest BCUT2D eigenvalue weighted by atomic mass is 10.1. The minimum Gasteiger partial charge on any atom is -0.381 e. The molecule has 1 aromatic rings. The van der Waals surface area contributed by atoms with Crippen LogP contribution in [0.15, 0.2) is 22.7 Å². The lowest BCUT2D eigenvalue weighted by molar-refractivity contribution is 0.0944. The smallest absolute Gasteiger partial charge is 0.252 e. The summed E-state index contributed by atoms with van der Waals surface area (Å²) in [6.07, 6.45) is 1.04. The third kappa shape index (κ3) is 3.07. The van der Waals surface area contributed by atoms with Crippen molar-refractivity contribution in [1.82, 2.24) is 5.32 Å². The van der Waals surface area contributed by atoms with Crippen LogP contribution in [0.5, 0.6) is 0 Å². The molecule has 0 aliphatic carbocycles. The number of aryl methyl sites for hydroxylation is 1. The molecule has 1 fully saturated rings. The minimum atomic E-state index is -0.0209. The van der Waals surface area contributed by atoms with Crippen LogP contribution in [-0.2, 0) is 4.74 Å². The SMILES string of the molecule is Cc1cccc(C(=O)NCC2CCOC2)c1Br. The summed E-state index contributed by atoms with van der Waals surface area (Å²) in [6, 6.07) is 5.71. The van der Waals surface area contributed by atoms with E-state index in [4.69, 9.17) is 4.74 Å². The molecule has 1 amide bonds. The molecular weight excluding hydrogens is 282 g/mol. The van der Waals surface area contributed by atoms with Gasteiger partial charge in [-0.3, -0.25) is 4.79 Å². The van der Waals surface area contributed by atoms with Crippen LogP contribution < -0.4 is 5.32 Å². The van der Waals surface area contributed by atoms with Gasteiger partial charge in [0.25, 0.3) is 5.91 Å². The molecule has 92 valence electrons. The van der Waals surface area contributed by atoms with E-state index in [1.165, 1.54) is 0 Å². The van der Waals surface area contributed by atoms with E-state index in [0.717, 1.165) is 29.7 Å². The number of carbonyl (C=O) groups excluding carboxylic acids is 1. The summed E-state index contributed by atoms with van der Waals surface area (Å²) in [5, 5.41) is 2.96. The Hall–Kier alpha value is -0.870. The number of hydrogen-bond donors (Lipinski definition) is 1. The fraction of sp³-hybridized carbons (Fsp3) is 0.462. The topological polar surface area (TPSA) is 38.3 Å². The van der Waals surface area contributed by atoms with E-state index in [2.05, 4.69) is 21.2 Å². The Kier molecular flexibility index (Phi) is 4.18. The van der Waals surface area contributed by atoms with Gasteiger partial charge in [-0.15, -0.1) is 0 Å². The van der Waals surface area contributed by atoms with E-state index in [1.54, 1.807) is 0 Å². The first kappa shape index (κ1) is 12.6. The van der Waals surface area contributed by atoms with Gasteiger partial charge in [0, 0.05) is 23.5 Å². The van der Waals surface area contributed by atoms with Gasteiger partial charge in [0.15, 0.2) is 0 Å². The summed E-state index contributed by atoms with van der Waals surface area (Å²) in [5.74, 6) is 0.440. The van der Waals surface area contributed by atoms with Crippen molar-refractivity contribution in [3.05, 3.63) is 33.8 Å². The van der Waals surface area contributed by atoms with Crippen molar-refractivity contribution in [3.8, 4) is 0 Å². The minimum absolute atomic E-state index is 0.0209. The molecule has 1 aliphatic heterocycles. The Morgan fingerprint density at radius 3 is 3.12 bits per heavy atom. The van der Waals surface area contributed by atoms with Gasteiger partial charge in [0.05, 0.1) is 12.2 Å². The van der Waals surface area contributed by atoms with Crippen molar-refractivity contribution in [2.45, 2.75) is 13.3 Å². The first-order valence-electron chi connectivity index (χ1n) is 5.79. The van der Waals surface area contributed by atoms with Gasteiger partial charge >= 0.3 is 0 Å². The quantitative estimate of drug-likeness (QED) is 0.931. The predicted molar refractivity (Wildman–Crippen MR) is 70.1 cm³/mol. The van der Waals surface area contributed by atoms with E-state index in [9.17, 15) is 4.79 Å². The molecule has 0 spiro atoms. The summed E-state index contributed by atoms with van der Waals surface area (Å²) in [7, 11) is 0. The zero-order valence-corrected chi connectivity index (χ0v) is 11.4. The highest BCUT2D eigenvalue weighted by atomic mass is 79.9. The van der Waals surface area contributed by atoms with Gasteiger partial charge in [0.2, 0.25) is 0 Å². The highest BCUT2D eigenvalue weighted by Crippen LogP contribution is 2.21. The van der Waals surface area contributed by atoms with Crippen LogP contribution in [0.2, 0.25) is 0 Å². The largest absolute Gasteiger partial charge is 0.381 e. The van der Waals surface area contributed by atoms with Crippen LogP contribution in [0, 0.1) is 12.8 Å². The summed E-state index contributed by atoms with van der Waals surface area (Å²) in [6.45, 7) is 4.24. The van der Waals surface area contributed by atoms with Crippen molar-refractivity contribution in [2.75, 3.05) is 19.8 Å². The summed E-state index contributed by atoms with van der Waals surface area (Å²) < 4.78 is 6.15. The lowest BCUT2D eigenvalue weighted by Gasteiger charge is -2.11. The zero-order valence-electron chi connectivity index (χ0n) is 9.83. The van der Waals surface area contributed by atoms with Crippen molar-refractivity contribution in [1.29, 1.82) is 0 Å². The molecule has 0 saturated carbocycles. The molecule has 1 aliphatic rings.